The summed E-state index contributed by atoms with van der Waals surface area (Å²) in [6, 6.07) is 16.7. The van der Waals surface area contributed by atoms with E-state index in [0.29, 0.717) is 53.6 Å². The molecule has 3 heterocycles. The maximum Gasteiger partial charge on any atom is 0.258 e. The van der Waals surface area contributed by atoms with Crippen molar-refractivity contribution >= 4 is 17.7 Å². The van der Waals surface area contributed by atoms with E-state index >= 15 is 0 Å². The van der Waals surface area contributed by atoms with Crippen LogP contribution in [0, 0.1) is 0 Å². The van der Waals surface area contributed by atoms with E-state index in [1.54, 1.807) is 35.2 Å². The van der Waals surface area contributed by atoms with Crippen LogP contribution in [0.2, 0.25) is 0 Å². The average Bonchev–Trinajstić information content (AvgIpc) is 3.02. The molecule has 0 aromatic heterocycles. The number of carbonyl (C=O) groups is 3. The van der Waals surface area contributed by atoms with Gasteiger partial charge in [0.05, 0.1) is 32.9 Å². The van der Waals surface area contributed by atoms with E-state index < -0.39 is 18.1 Å². The van der Waals surface area contributed by atoms with Gasteiger partial charge in [-0.1, -0.05) is 18.2 Å². The number of rotatable bonds is 4. The Labute approximate surface area is 243 Å². The minimum Gasteiger partial charge on any atom is -0.493 e. The van der Waals surface area contributed by atoms with Gasteiger partial charge in [0.2, 0.25) is 0 Å². The summed E-state index contributed by atoms with van der Waals surface area (Å²) in [4.78, 5) is 41.3. The number of carbonyl (C=O) groups excluding carboxylic acids is 3. The van der Waals surface area contributed by atoms with Crippen molar-refractivity contribution in [3.8, 4) is 28.7 Å². The highest BCUT2D eigenvalue weighted by atomic mass is 16.5. The zero-order valence-electron chi connectivity index (χ0n) is 23.7. The van der Waals surface area contributed by atoms with Crippen LogP contribution in [0.25, 0.3) is 0 Å². The van der Waals surface area contributed by atoms with Crippen molar-refractivity contribution in [2.24, 2.45) is 0 Å². The lowest BCUT2D eigenvalue weighted by Crippen LogP contribution is -2.58. The number of hydrogen-bond acceptors (Lipinski definition) is 8. The second kappa shape index (κ2) is 12.7. The van der Waals surface area contributed by atoms with E-state index in [9.17, 15) is 14.4 Å². The first-order chi connectivity index (χ1) is 20.4. The van der Waals surface area contributed by atoms with E-state index in [1.165, 1.54) is 27.4 Å². The highest BCUT2D eigenvalue weighted by Gasteiger charge is 2.36. The Morgan fingerprint density at radius 2 is 1.74 bits per heavy atom. The summed E-state index contributed by atoms with van der Waals surface area (Å²) in [6.45, 7) is 0.668. The first-order valence-electron chi connectivity index (χ1n) is 13.5. The third kappa shape index (κ3) is 6.19. The number of nitrogens with one attached hydrogen (secondary N) is 2. The van der Waals surface area contributed by atoms with Crippen LogP contribution in [-0.2, 0) is 11.3 Å². The highest BCUT2D eigenvalue weighted by Crippen LogP contribution is 2.33. The number of amides is 3. The number of hydrogen-bond donors (Lipinski definition) is 2. The van der Waals surface area contributed by atoms with Crippen molar-refractivity contribution in [2.45, 2.75) is 25.1 Å². The molecular weight excluding hydrogens is 542 g/mol. The second-order valence-electron chi connectivity index (χ2n) is 9.89. The summed E-state index contributed by atoms with van der Waals surface area (Å²) in [7, 11) is 4.48. The molecule has 220 valence electrons. The van der Waals surface area contributed by atoms with Crippen LogP contribution in [0.3, 0.4) is 0 Å². The molecule has 0 unspecified atom stereocenters. The van der Waals surface area contributed by atoms with Crippen molar-refractivity contribution in [1.82, 2.24) is 15.5 Å². The van der Waals surface area contributed by atoms with E-state index in [1.807, 2.05) is 24.3 Å². The lowest BCUT2D eigenvalue weighted by Gasteiger charge is -2.39. The van der Waals surface area contributed by atoms with Gasteiger partial charge < -0.3 is 39.2 Å². The molecule has 1 fully saturated rings. The number of methoxy groups -OCH3 is 3. The number of fused-ring (bicyclic) bond motifs is 7. The van der Waals surface area contributed by atoms with E-state index in [0.717, 1.165) is 5.56 Å². The first kappa shape index (κ1) is 28.6. The summed E-state index contributed by atoms with van der Waals surface area (Å²) in [5.74, 6) is 1.10. The third-order valence-corrected chi connectivity index (χ3v) is 7.27. The molecule has 6 rings (SSSR count). The maximum atomic E-state index is 13.7. The third-order valence-electron chi connectivity index (χ3n) is 7.27. The van der Waals surface area contributed by atoms with E-state index in [-0.39, 0.29) is 30.7 Å². The van der Waals surface area contributed by atoms with Crippen LogP contribution in [-0.4, -0.2) is 75.8 Å². The summed E-state index contributed by atoms with van der Waals surface area (Å²) in [5.41, 5.74) is 1.55. The molecule has 42 heavy (non-hydrogen) atoms. The van der Waals surface area contributed by atoms with Gasteiger partial charge in [-0.2, -0.15) is 0 Å². The SMILES string of the molecule is COc1ccc2cc1OCC(=O)NCc1ccc(cc1)O[C@@H]1CCN(C(=O)c3cccc(OC)c3OC)C[C@@H]1NC2=O. The fraction of sp³-hybridized carbons (Fsp3) is 0.323. The van der Waals surface area contributed by atoms with Crippen LogP contribution in [0.15, 0.2) is 60.7 Å². The number of benzene rings is 3. The minimum atomic E-state index is -0.545. The zero-order chi connectivity index (χ0) is 29.6. The normalized spacial score (nSPS) is 18.8. The smallest absolute Gasteiger partial charge is 0.258 e. The predicted molar refractivity (Wildman–Crippen MR) is 153 cm³/mol. The molecule has 0 saturated carbocycles. The summed E-state index contributed by atoms with van der Waals surface area (Å²) < 4.78 is 28.3. The molecule has 0 spiro atoms. The number of ether oxygens (including phenoxy) is 5. The van der Waals surface area contributed by atoms with Gasteiger partial charge in [0.25, 0.3) is 17.7 Å². The van der Waals surface area contributed by atoms with Gasteiger partial charge in [0, 0.05) is 31.6 Å². The van der Waals surface area contributed by atoms with Gasteiger partial charge in [0.15, 0.2) is 29.6 Å². The fourth-order valence-electron chi connectivity index (χ4n) is 5.06. The van der Waals surface area contributed by atoms with Gasteiger partial charge >= 0.3 is 0 Å². The van der Waals surface area contributed by atoms with E-state index in [2.05, 4.69) is 10.6 Å². The monoisotopic (exact) mass is 575 g/mol. The standard InChI is InChI=1S/C31H33N3O8/c1-38-25-12-9-20-15-27(25)41-18-28(35)32-16-19-7-10-21(11-8-19)42-24-13-14-34(17-23(24)33-30(20)36)31(37)22-5-4-6-26(39-2)29(22)40-3/h4-12,15,23-24H,13-14,16-18H2,1-3H3,(H,32,35)(H,33,36)/t23-,24+/m0/s1. The molecule has 3 aliphatic heterocycles. The lowest BCUT2D eigenvalue weighted by molar-refractivity contribution is -0.123. The van der Waals surface area contributed by atoms with Gasteiger partial charge in [0.1, 0.15) is 11.9 Å². The highest BCUT2D eigenvalue weighted by molar-refractivity contribution is 5.98. The van der Waals surface area contributed by atoms with Crippen LogP contribution in [0.4, 0.5) is 0 Å². The van der Waals surface area contributed by atoms with Crippen LogP contribution in [0.5, 0.6) is 28.7 Å². The Morgan fingerprint density at radius 3 is 2.48 bits per heavy atom. The number of piperidine rings is 1. The molecule has 3 aromatic carbocycles. The number of likely N-dealkylation sites (tertiary alicyclic amines) is 1. The molecular formula is C31H33N3O8. The minimum absolute atomic E-state index is 0.200. The Kier molecular flexibility index (Phi) is 8.66. The Bertz CT molecular complexity index is 1460. The molecule has 1 saturated heterocycles. The molecule has 11 heteroatoms. The Hall–Kier alpha value is -4.93. The predicted octanol–water partition coefficient (Wildman–Crippen LogP) is 2.81. The summed E-state index contributed by atoms with van der Waals surface area (Å²) in [5, 5.41) is 5.88. The van der Waals surface area contributed by atoms with Crippen LogP contribution < -0.4 is 34.3 Å². The van der Waals surface area contributed by atoms with Crippen LogP contribution >= 0.6 is 0 Å². The maximum absolute atomic E-state index is 13.7. The van der Waals surface area contributed by atoms with Gasteiger partial charge in [-0.3, -0.25) is 14.4 Å². The quantitative estimate of drug-likeness (QED) is 0.487. The second-order valence-corrected chi connectivity index (χ2v) is 9.89. The fourth-order valence-corrected chi connectivity index (χ4v) is 5.06. The molecule has 3 amide bonds. The van der Waals surface area contributed by atoms with Crippen LogP contribution in [0.1, 0.15) is 32.7 Å². The van der Waals surface area contributed by atoms with Gasteiger partial charge in [-0.25, -0.2) is 0 Å². The molecule has 2 N–H and O–H groups in total. The molecule has 0 aliphatic carbocycles. The summed E-state index contributed by atoms with van der Waals surface area (Å²) in [6.07, 6.45) is 0.0537. The largest absolute Gasteiger partial charge is 0.493 e. The van der Waals surface area contributed by atoms with E-state index in [4.69, 9.17) is 23.7 Å². The number of nitrogens with zero attached hydrogens (tertiary/aromatic N) is 1. The van der Waals surface area contributed by atoms with Crippen molar-refractivity contribution in [1.29, 1.82) is 0 Å². The molecule has 2 atom stereocenters. The molecule has 4 bridgehead atoms. The van der Waals surface area contributed by atoms with Gasteiger partial charge in [-0.05, 0) is 48.0 Å². The summed E-state index contributed by atoms with van der Waals surface area (Å²) >= 11 is 0. The molecule has 0 radical (unpaired) electrons. The zero-order valence-corrected chi connectivity index (χ0v) is 23.7. The Balaban J connectivity index is 1.45. The Morgan fingerprint density at radius 1 is 0.952 bits per heavy atom. The number of para-hydroxylation sites is 1. The van der Waals surface area contributed by atoms with Crippen molar-refractivity contribution in [3.63, 3.8) is 0 Å². The molecule has 3 aliphatic rings. The first-order valence-corrected chi connectivity index (χ1v) is 13.5. The molecule has 11 nitrogen and oxygen atoms in total. The van der Waals surface area contributed by atoms with Crippen molar-refractivity contribution in [3.05, 3.63) is 77.4 Å². The molecule has 3 aromatic rings. The van der Waals surface area contributed by atoms with Gasteiger partial charge in [-0.15, -0.1) is 0 Å². The average molecular weight is 576 g/mol. The van der Waals surface area contributed by atoms with Crippen molar-refractivity contribution < 1.29 is 38.1 Å². The topological polar surface area (TPSA) is 125 Å². The van der Waals surface area contributed by atoms with Crippen molar-refractivity contribution in [2.75, 3.05) is 41.0 Å². The lowest BCUT2D eigenvalue weighted by atomic mass is 9.99.